The minimum absolute atomic E-state index is 0.258. The average Bonchev–Trinajstić information content (AvgIpc) is 2.87. The number of carbonyl (C=O) groups excluding carboxylic acids is 1. The summed E-state index contributed by atoms with van der Waals surface area (Å²) >= 11 is 0. The van der Waals surface area contributed by atoms with Gasteiger partial charge in [0.2, 0.25) is 11.7 Å². The molecule has 2 N–H and O–H groups in total. The van der Waals surface area contributed by atoms with Crippen LogP contribution in [0.1, 0.15) is 11.5 Å². The van der Waals surface area contributed by atoms with E-state index < -0.39 is 23.7 Å². The lowest BCUT2D eigenvalue weighted by atomic mass is 9.88. The van der Waals surface area contributed by atoms with Gasteiger partial charge >= 0.3 is 5.97 Å². The van der Waals surface area contributed by atoms with Crippen LogP contribution in [0.4, 0.5) is 0 Å². The van der Waals surface area contributed by atoms with Crippen LogP contribution in [0.15, 0.2) is 12.1 Å². The van der Waals surface area contributed by atoms with Crippen molar-refractivity contribution in [1.29, 1.82) is 0 Å². The molecule has 0 bridgehead atoms. The van der Waals surface area contributed by atoms with E-state index in [9.17, 15) is 14.7 Å². The van der Waals surface area contributed by atoms with Gasteiger partial charge in [0.1, 0.15) is 5.92 Å². The summed E-state index contributed by atoms with van der Waals surface area (Å²) in [6.45, 7) is 0.258. The van der Waals surface area contributed by atoms with Crippen LogP contribution in [0, 0.1) is 5.92 Å². The number of hydrogen-bond acceptors (Lipinski definition) is 5. The first-order valence-corrected chi connectivity index (χ1v) is 6.33. The predicted molar refractivity (Wildman–Crippen MR) is 73.0 cm³/mol. The second-order valence-corrected chi connectivity index (χ2v) is 4.63. The van der Waals surface area contributed by atoms with Gasteiger partial charge in [-0.05, 0) is 17.7 Å². The van der Waals surface area contributed by atoms with Gasteiger partial charge < -0.3 is 24.6 Å². The van der Waals surface area contributed by atoms with Crippen molar-refractivity contribution in [3.8, 4) is 17.2 Å². The van der Waals surface area contributed by atoms with Gasteiger partial charge in [-0.25, -0.2) is 0 Å². The van der Waals surface area contributed by atoms with Gasteiger partial charge in [0.05, 0.1) is 21.3 Å². The highest BCUT2D eigenvalue weighted by atomic mass is 16.5. The number of carboxylic acid groups (broad SMARTS) is 1. The van der Waals surface area contributed by atoms with Crippen LogP contribution in [0.2, 0.25) is 0 Å². The number of nitrogens with one attached hydrogen (secondary N) is 1. The zero-order chi connectivity index (χ0) is 15.6. The minimum atomic E-state index is -1.15. The second kappa shape index (κ2) is 5.90. The summed E-state index contributed by atoms with van der Waals surface area (Å²) in [5.74, 6) is -1.96. The summed E-state index contributed by atoms with van der Waals surface area (Å²) in [6.07, 6.45) is 0. The lowest BCUT2D eigenvalue weighted by molar-refractivity contribution is -0.145. The normalized spacial score (nSPS) is 20.8. The zero-order valence-electron chi connectivity index (χ0n) is 12.0. The molecule has 114 valence electrons. The van der Waals surface area contributed by atoms with Crippen LogP contribution in [0.3, 0.4) is 0 Å². The lowest BCUT2D eigenvalue weighted by Crippen LogP contribution is -2.26. The van der Waals surface area contributed by atoms with Gasteiger partial charge in [-0.1, -0.05) is 0 Å². The summed E-state index contributed by atoms with van der Waals surface area (Å²) < 4.78 is 15.7. The van der Waals surface area contributed by atoms with Gasteiger partial charge in [-0.15, -0.1) is 0 Å². The molecule has 0 spiro atoms. The highest BCUT2D eigenvalue weighted by Crippen LogP contribution is 2.42. The zero-order valence-corrected chi connectivity index (χ0v) is 12.0. The first kappa shape index (κ1) is 15.0. The maximum Gasteiger partial charge on any atom is 0.316 e. The Morgan fingerprint density at radius 3 is 2.19 bits per heavy atom. The Morgan fingerprint density at radius 1 is 1.19 bits per heavy atom. The molecule has 0 unspecified atom stereocenters. The predicted octanol–water partition coefficient (Wildman–Crippen LogP) is 0.627. The monoisotopic (exact) mass is 295 g/mol. The van der Waals surface area contributed by atoms with Crippen molar-refractivity contribution in [3.63, 3.8) is 0 Å². The number of rotatable bonds is 5. The average molecular weight is 295 g/mol. The smallest absolute Gasteiger partial charge is 0.316 e. The third-order valence-electron chi connectivity index (χ3n) is 3.56. The van der Waals surface area contributed by atoms with E-state index in [-0.39, 0.29) is 6.54 Å². The molecular weight excluding hydrogens is 278 g/mol. The van der Waals surface area contributed by atoms with Crippen molar-refractivity contribution in [2.45, 2.75) is 5.92 Å². The number of carboxylic acids is 1. The first-order chi connectivity index (χ1) is 10.0. The number of hydrogen-bond donors (Lipinski definition) is 2. The molecule has 0 aliphatic carbocycles. The number of methoxy groups -OCH3 is 3. The molecular formula is C14H17NO6. The Hall–Kier alpha value is -2.44. The molecule has 1 amide bonds. The molecule has 1 fully saturated rings. The number of ether oxygens (including phenoxy) is 3. The van der Waals surface area contributed by atoms with E-state index in [1.165, 1.54) is 21.3 Å². The molecule has 2 atom stereocenters. The largest absolute Gasteiger partial charge is 0.493 e. The van der Waals surface area contributed by atoms with Gasteiger partial charge in [0, 0.05) is 12.5 Å². The third kappa shape index (κ3) is 2.58. The molecule has 1 heterocycles. The maximum absolute atomic E-state index is 11.7. The molecule has 2 rings (SSSR count). The van der Waals surface area contributed by atoms with Gasteiger partial charge in [-0.2, -0.15) is 0 Å². The molecule has 1 aliphatic rings. The van der Waals surface area contributed by atoms with Crippen molar-refractivity contribution in [1.82, 2.24) is 5.32 Å². The van der Waals surface area contributed by atoms with Gasteiger partial charge in [0.25, 0.3) is 0 Å². The number of aliphatic carboxylic acids is 1. The molecule has 21 heavy (non-hydrogen) atoms. The van der Waals surface area contributed by atoms with E-state index in [2.05, 4.69) is 5.32 Å². The number of benzene rings is 1. The Balaban J connectivity index is 2.49. The fraction of sp³-hybridized carbons (Fsp3) is 0.429. The standard InChI is InChI=1S/C14H17NO6/c1-19-9-4-7(5-10(20-2)12(9)21-3)8-6-15-13(16)11(8)14(17)18/h4-5,8,11H,6H2,1-3H3,(H,15,16)(H,17,18)/t8-,11+/m1/s1. The Bertz CT molecular complexity index is 546. The van der Waals surface area contributed by atoms with Crippen molar-refractivity contribution >= 4 is 11.9 Å². The van der Waals surface area contributed by atoms with Crippen LogP contribution in [-0.2, 0) is 9.59 Å². The molecule has 1 aromatic rings. The van der Waals surface area contributed by atoms with E-state index in [0.717, 1.165) is 0 Å². The number of carbonyl (C=O) groups is 2. The van der Waals surface area contributed by atoms with Crippen LogP contribution in [0.5, 0.6) is 17.2 Å². The summed E-state index contributed by atoms with van der Waals surface area (Å²) in [7, 11) is 4.45. The van der Waals surface area contributed by atoms with E-state index >= 15 is 0 Å². The van der Waals surface area contributed by atoms with Crippen molar-refractivity contribution in [2.75, 3.05) is 27.9 Å². The van der Waals surface area contributed by atoms with Crippen LogP contribution < -0.4 is 19.5 Å². The SMILES string of the molecule is COc1cc([C@H]2CNC(=O)[C@H]2C(=O)O)cc(OC)c1OC. The Morgan fingerprint density at radius 2 is 1.76 bits per heavy atom. The minimum Gasteiger partial charge on any atom is -0.493 e. The molecule has 7 heteroatoms. The summed E-state index contributed by atoms with van der Waals surface area (Å²) in [5.41, 5.74) is 0.648. The lowest BCUT2D eigenvalue weighted by Gasteiger charge is -2.18. The van der Waals surface area contributed by atoms with Crippen molar-refractivity contribution in [3.05, 3.63) is 17.7 Å². The molecule has 1 saturated heterocycles. The van der Waals surface area contributed by atoms with Crippen molar-refractivity contribution < 1.29 is 28.9 Å². The van der Waals surface area contributed by atoms with Crippen molar-refractivity contribution in [2.24, 2.45) is 5.92 Å². The molecule has 1 aliphatic heterocycles. The number of amides is 1. The van der Waals surface area contributed by atoms with E-state index in [0.29, 0.717) is 22.8 Å². The Kier molecular flexibility index (Phi) is 4.21. The van der Waals surface area contributed by atoms with Crippen LogP contribution >= 0.6 is 0 Å². The fourth-order valence-corrected chi connectivity index (χ4v) is 2.53. The summed E-state index contributed by atoms with van der Waals surface area (Å²) in [4.78, 5) is 22.9. The second-order valence-electron chi connectivity index (χ2n) is 4.63. The van der Waals surface area contributed by atoms with E-state index in [1.54, 1.807) is 12.1 Å². The van der Waals surface area contributed by atoms with E-state index in [1.807, 2.05) is 0 Å². The first-order valence-electron chi connectivity index (χ1n) is 6.33. The topological polar surface area (TPSA) is 94.1 Å². The fourth-order valence-electron chi connectivity index (χ4n) is 2.53. The molecule has 7 nitrogen and oxygen atoms in total. The quantitative estimate of drug-likeness (QED) is 0.774. The van der Waals surface area contributed by atoms with Gasteiger partial charge in [0.15, 0.2) is 11.5 Å². The summed E-state index contributed by atoms with van der Waals surface area (Å²) in [6, 6.07) is 3.34. The molecule has 0 saturated carbocycles. The third-order valence-corrected chi connectivity index (χ3v) is 3.56. The van der Waals surface area contributed by atoms with Gasteiger partial charge in [-0.3, -0.25) is 9.59 Å². The van der Waals surface area contributed by atoms with Crippen LogP contribution in [-0.4, -0.2) is 44.9 Å². The Labute approximate surface area is 121 Å². The molecule has 1 aromatic carbocycles. The molecule has 0 radical (unpaired) electrons. The molecule has 0 aromatic heterocycles. The maximum atomic E-state index is 11.7. The summed E-state index contributed by atoms with van der Waals surface area (Å²) in [5, 5.41) is 11.8. The van der Waals surface area contributed by atoms with E-state index in [4.69, 9.17) is 14.2 Å². The van der Waals surface area contributed by atoms with Crippen LogP contribution in [0.25, 0.3) is 0 Å². The highest BCUT2D eigenvalue weighted by molar-refractivity contribution is 6.00. The highest BCUT2D eigenvalue weighted by Gasteiger charge is 2.41.